The Balaban J connectivity index is 1.66. The maximum absolute atomic E-state index is 12.9. The number of ether oxygens (including phenoxy) is 1. The first-order valence-electron chi connectivity index (χ1n) is 10.3. The molecule has 1 fully saturated rings. The molecule has 2 aromatic rings. The molecule has 7 nitrogen and oxygen atoms in total. The van der Waals surface area contributed by atoms with Gasteiger partial charge in [0.1, 0.15) is 18.4 Å². The molecule has 31 heavy (non-hydrogen) atoms. The van der Waals surface area contributed by atoms with Crippen molar-refractivity contribution in [2.24, 2.45) is 5.16 Å². The lowest BCUT2D eigenvalue weighted by atomic mass is 10.1. The summed E-state index contributed by atoms with van der Waals surface area (Å²) >= 11 is 0. The Hall–Kier alpha value is -3.35. The zero-order valence-corrected chi connectivity index (χ0v) is 18.2. The van der Waals surface area contributed by atoms with Crippen LogP contribution in [0.15, 0.2) is 65.8 Å². The molecule has 1 atom stereocenters. The van der Waals surface area contributed by atoms with E-state index in [0.29, 0.717) is 24.5 Å². The van der Waals surface area contributed by atoms with Gasteiger partial charge in [-0.05, 0) is 38.5 Å². The first-order chi connectivity index (χ1) is 14.8. The highest BCUT2D eigenvalue weighted by Crippen LogP contribution is 2.19. The Labute approximate surface area is 183 Å². The molecule has 0 unspecified atom stereocenters. The number of likely N-dealkylation sites (tertiary alicyclic amines) is 1. The summed E-state index contributed by atoms with van der Waals surface area (Å²) in [5.41, 5.74) is 1.24. The number of carbonyl (C=O) groups excluding carboxylic acids is 2. The van der Waals surface area contributed by atoms with Crippen LogP contribution in [0.4, 0.5) is 0 Å². The van der Waals surface area contributed by atoms with E-state index in [1.165, 1.54) is 4.90 Å². The SMILES string of the molecule is CC(C)(C)NC(=O)[C@@H]1CC(=NOCc2ccccc2)CN1C(=O)COc1ccccc1. The number of oxime groups is 1. The fourth-order valence-electron chi connectivity index (χ4n) is 3.24. The minimum atomic E-state index is -0.648. The second-order valence-corrected chi connectivity index (χ2v) is 8.50. The minimum absolute atomic E-state index is 0.151. The van der Waals surface area contributed by atoms with Gasteiger partial charge < -0.3 is 19.8 Å². The van der Waals surface area contributed by atoms with Crippen LogP contribution in [0.2, 0.25) is 0 Å². The molecule has 164 valence electrons. The molecule has 2 aromatic carbocycles. The molecule has 2 amide bonds. The second kappa shape index (κ2) is 10.1. The molecule has 0 saturated carbocycles. The molecule has 7 heteroatoms. The Morgan fingerprint density at radius 1 is 1.06 bits per heavy atom. The Morgan fingerprint density at radius 3 is 2.35 bits per heavy atom. The van der Waals surface area contributed by atoms with Crippen molar-refractivity contribution in [3.63, 3.8) is 0 Å². The fourth-order valence-corrected chi connectivity index (χ4v) is 3.24. The first-order valence-corrected chi connectivity index (χ1v) is 10.3. The van der Waals surface area contributed by atoms with E-state index in [1.54, 1.807) is 12.1 Å². The fraction of sp³-hybridized carbons (Fsp3) is 0.375. The number of benzene rings is 2. The number of carbonyl (C=O) groups is 2. The average Bonchev–Trinajstić information content (AvgIpc) is 3.17. The van der Waals surface area contributed by atoms with E-state index in [-0.39, 0.29) is 25.0 Å². The van der Waals surface area contributed by atoms with E-state index < -0.39 is 11.6 Å². The van der Waals surface area contributed by atoms with Crippen molar-refractivity contribution in [1.29, 1.82) is 0 Å². The number of para-hydroxylation sites is 1. The first kappa shape index (κ1) is 22.3. The van der Waals surface area contributed by atoms with Crippen LogP contribution >= 0.6 is 0 Å². The van der Waals surface area contributed by atoms with Gasteiger partial charge in [0, 0.05) is 12.0 Å². The van der Waals surface area contributed by atoms with Crippen molar-refractivity contribution in [3.05, 3.63) is 66.2 Å². The van der Waals surface area contributed by atoms with Gasteiger partial charge in [-0.15, -0.1) is 0 Å². The average molecular weight is 424 g/mol. The van der Waals surface area contributed by atoms with Crippen LogP contribution in [-0.2, 0) is 21.0 Å². The van der Waals surface area contributed by atoms with Gasteiger partial charge in [0.15, 0.2) is 6.61 Å². The predicted octanol–water partition coefficient (Wildman–Crippen LogP) is 3.15. The highest BCUT2D eigenvalue weighted by molar-refractivity contribution is 6.01. The molecule has 0 bridgehead atoms. The van der Waals surface area contributed by atoms with E-state index in [4.69, 9.17) is 9.57 Å². The third-order valence-corrected chi connectivity index (χ3v) is 4.65. The summed E-state index contributed by atoms with van der Waals surface area (Å²) < 4.78 is 5.59. The van der Waals surface area contributed by atoms with Crippen LogP contribution in [0.5, 0.6) is 5.75 Å². The summed E-state index contributed by atoms with van der Waals surface area (Å²) in [6, 6.07) is 18.2. The van der Waals surface area contributed by atoms with E-state index >= 15 is 0 Å². The molecule has 1 aliphatic heterocycles. The van der Waals surface area contributed by atoms with Crippen LogP contribution in [0.3, 0.4) is 0 Å². The summed E-state index contributed by atoms with van der Waals surface area (Å²) in [7, 11) is 0. The summed E-state index contributed by atoms with van der Waals surface area (Å²) in [4.78, 5) is 32.7. The molecule has 0 aliphatic carbocycles. The van der Waals surface area contributed by atoms with Crippen molar-refractivity contribution < 1.29 is 19.2 Å². The van der Waals surface area contributed by atoms with E-state index in [1.807, 2.05) is 69.3 Å². The molecule has 1 saturated heterocycles. The topological polar surface area (TPSA) is 80.2 Å². The number of nitrogens with zero attached hydrogens (tertiary/aromatic N) is 2. The molecule has 0 spiro atoms. The van der Waals surface area contributed by atoms with Crippen molar-refractivity contribution in [1.82, 2.24) is 10.2 Å². The number of nitrogens with one attached hydrogen (secondary N) is 1. The third kappa shape index (κ3) is 6.84. The molecule has 1 N–H and O–H groups in total. The van der Waals surface area contributed by atoms with Gasteiger partial charge in [-0.1, -0.05) is 53.7 Å². The molecule has 1 heterocycles. The Morgan fingerprint density at radius 2 is 1.71 bits per heavy atom. The van der Waals surface area contributed by atoms with Crippen LogP contribution < -0.4 is 10.1 Å². The lowest BCUT2D eigenvalue weighted by molar-refractivity contribution is -0.140. The monoisotopic (exact) mass is 423 g/mol. The molecule has 1 aliphatic rings. The zero-order chi connectivity index (χ0) is 22.3. The number of hydrogen-bond acceptors (Lipinski definition) is 5. The number of hydrogen-bond donors (Lipinski definition) is 1. The maximum Gasteiger partial charge on any atom is 0.261 e. The molecule has 3 rings (SSSR count). The molecule has 0 radical (unpaired) electrons. The van der Waals surface area contributed by atoms with Crippen molar-refractivity contribution in [2.45, 2.75) is 45.4 Å². The van der Waals surface area contributed by atoms with Crippen LogP contribution in [-0.4, -0.2) is 47.2 Å². The molecular formula is C24H29N3O4. The largest absolute Gasteiger partial charge is 0.484 e. The number of amides is 2. The van der Waals surface area contributed by atoms with E-state index in [9.17, 15) is 9.59 Å². The van der Waals surface area contributed by atoms with Gasteiger partial charge in [-0.3, -0.25) is 9.59 Å². The van der Waals surface area contributed by atoms with Crippen LogP contribution in [0.1, 0.15) is 32.8 Å². The van der Waals surface area contributed by atoms with Crippen LogP contribution in [0.25, 0.3) is 0 Å². The van der Waals surface area contributed by atoms with Crippen molar-refractivity contribution >= 4 is 17.5 Å². The van der Waals surface area contributed by atoms with Gasteiger partial charge >= 0.3 is 0 Å². The standard InChI is InChI=1S/C24H29N3O4/c1-24(2,3)25-23(29)21-14-19(26-31-16-18-10-6-4-7-11-18)15-27(21)22(28)17-30-20-12-8-5-9-13-20/h4-13,21H,14-17H2,1-3H3,(H,25,29)/t21-/m0/s1. The lowest BCUT2D eigenvalue weighted by Gasteiger charge is -2.27. The molecule has 0 aromatic heterocycles. The highest BCUT2D eigenvalue weighted by atomic mass is 16.6. The normalized spacial score (nSPS) is 17.5. The van der Waals surface area contributed by atoms with Gasteiger partial charge in [-0.2, -0.15) is 0 Å². The minimum Gasteiger partial charge on any atom is -0.484 e. The van der Waals surface area contributed by atoms with E-state index in [2.05, 4.69) is 10.5 Å². The van der Waals surface area contributed by atoms with Gasteiger partial charge in [-0.25, -0.2) is 0 Å². The highest BCUT2D eigenvalue weighted by Gasteiger charge is 2.39. The second-order valence-electron chi connectivity index (χ2n) is 8.50. The molecular weight excluding hydrogens is 394 g/mol. The smallest absolute Gasteiger partial charge is 0.261 e. The van der Waals surface area contributed by atoms with E-state index in [0.717, 1.165) is 5.56 Å². The van der Waals surface area contributed by atoms with Gasteiger partial charge in [0.05, 0.1) is 12.3 Å². The zero-order valence-electron chi connectivity index (χ0n) is 18.2. The lowest BCUT2D eigenvalue weighted by Crippen LogP contribution is -2.52. The number of rotatable bonds is 7. The summed E-state index contributed by atoms with van der Waals surface area (Å²) in [6.45, 7) is 6.12. The third-order valence-electron chi connectivity index (χ3n) is 4.65. The predicted molar refractivity (Wildman–Crippen MR) is 119 cm³/mol. The quantitative estimate of drug-likeness (QED) is 0.694. The summed E-state index contributed by atoms with van der Waals surface area (Å²) in [5, 5.41) is 7.15. The van der Waals surface area contributed by atoms with Crippen LogP contribution in [0, 0.1) is 0 Å². The summed E-state index contributed by atoms with van der Waals surface area (Å²) in [6.07, 6.45) is 0.327. The van der Waals surface area contributed by atoms with Crippen molar-refractivity contribution in [2.75, 3.05) is 13.2 Å². The van der Waals surface area contributed by atoms with Gasteiger partial charge in [0.25, 0.3) is 5.91 Å². The Bertz CT molecular complexity index is 907. The summed E-state index contributed by atoms with van der Waals surface area (Å²) in [5.74, 6) is 0.116. The van der Waals surface area contributed by atoms with Crippen molar-refractivity contribution in [3.8, 4) is 5.75 Å². The Kier molecular flexibility index (Phi) is 7.28. The maximum atomic E-state index is 12.9. The van der Waals surface area contributed by atoms with Gasteiger partial charge in [0.2, 0.25) is 5.91 Å².